The Hall–Kier alpha value is -2.23. The zero-order chi connectivity index (χ0) is 14.1. The number of nitrogens with zero attached hydrogens (tertiary/aromatic N) is 2. The van der Waals surface area contributed by atoms with Crippen molar-refractivity contribution in [3.63, 3.8) is 0 Å². The number of nitro benzene ring substituents is 2. The van der Waals surface area contributed by atoms with E-state index in [9.17, 15) is 33.4 Å². The number of alkyl halides is 3. The predicted molar refractivity (Wildman–Crippen MR) is 52.7 cm³/mol. The molecule has 0 bridgehead atoms. The number of nitro groups is 2. The van der Waals surface area contributed by atoms with Gasteiger partial charge in [0.25, 0.3) is 11.4 Å². The topological polar surface area (TPSA) is 112 Å². The van der Waals surface area contributed by atoms with Crippen LogP contribution < -0.4 is 5.73 Å². The third-order valence-corrected chi connectivity index (χ3v) is 2.11. The van der Waals surface area contributed by atoms with Gasteiger partial charge in [0.1, 0.15) is 6.04 Å². The summed E-state index contributed by atoms with van der Waals surface area (Å²) in [6.45, 7) is 0. The van der Waals surface area contributed by atoms with Gasteiger partial charge in [0.15, 0.2) is 0 Å². The minimum Gasteiger partial charge on any atom is -0.316 e. The van der Waals surface area contributed by atoms with Crippen LogP contribution >= 0.6 is 0 Å². The fourth-order valence-electron chi connectivity index (χ4n) is 1.25. The van der Waals surface area contributed by atoms with E-state index in [-0.39, 0.29) is 0 Å². The van der Waals surface area contributed by atoms with Crippen LogP contribution in [0.3, 0.4) is 0 Å². The lowest BCUT2D eigenvalue weighted by Gasteiger charge is -2.15. The van der Waals surface area contributed by atoms with Crippen LogP contribution in [0.5, 0.6) is 0 Å². The first-order chi connectivity index (χ1) is 8.14. The van der Waals surface area contributed by atoms with Gasteiger partial charge >= 0.3 is 6.18 Å². The first kappa shape index (κ1) is 13.8. The van der Waals surface area contributed by atoms with Gasteiger partial charge in [-0.2, -0.15) is 13.2 Å². The Morgan fingerprint density at radius 3 is 2.11 bits per heavy atom. The van der Waals surface area contributed by atoms with Gasteiger partial charge in [-0.15, -0.1) is 0 Å². The van der Waals surface area contributed by atoms with Crippen molar-refractivity contribution in [3.8, 4) is 0 Å². The Morgan fingerprint density at radius 2 is 1.72 bits per heavy atom. The lowest BCUT2D eigenvalue weighted by Crippen LogP contribution is -2.29. The van der Waals surface area contributed by atoms with Crippen LogP contribution in [-0.4, -0.2) is 16.0 Å². The molecule has 0 fully saturated rings. The number of non-ortho nitro benzene ring substituents is 1. The molecule has 0 amide bonds. The fraction of sp³-hybridized carbons (Fsp3) is 0.250. The van der Waals surface area contributed by atoms with E-state index in [1.807, 2.05) is 0 Å². The second-order valence-electron chi connectivity index (χ2n) is 3.28. The van der Waals surface area contributed by atoms with E-state index >= 15 is 0 Å². The Balaban J connectivity index is 3.41. The molecule has 1 aromatic rings. The smallest absolute Gasteiger partial charge is 0.316 e. The molecule has 18 heavy (non-hydrogen) atoms. The maximum atomic E-state index is 12.4. The van der Waals surface area contributed by atoms with Crippen molar-refractivity contribution in [2.75, 3.05) is 0 Å². The summed E-state index contributed by atoms with van der Waals surface area (Å²) in [6.07, 6.45) is -4.93. The summed E-state index contributed by atoms with van der Waals surface area (Å²) in [7, 11) is 0. The van der Waals surface area contributed by atoms with Crippen LogP contribution in [-0.2, 0) is 0 Å². The highest BCUT2D eigenvalue weighted by Gasteiger charge is 2.42. The summed E-state index contributed by atoms with van der Waals surface area (Å²) < 4.78 is 37.2. The third kappa shape index (κ3) is 2.71. The molecular weight excluding hydrogens is 259 g/mol. The fourth-order valence-corrected chi connectivity index (χ4v) is 1.25. The molecule has 0 radical (unpaired) electrons. The lowest BCUT2D eigenvalue weighted by atomic mass is 10.0. The van der Waals surface area contributed by atoms with E-state index in [2.05, 4.69) is 0 Å². The highest BCUT2D eigenvalue weighted by Crippen LogP contribution is 2.36. The van der Waals surface area contributed by atoms with Crippen LogP contribution in [0, 0.1) is 20.2 Å². The highest BCUT2D eigenvalue weighted by molar-refractivity contribution is 5.50. The molecule has 0 aliphatic heterocycles. The lowest BCUT2D eigenvalue weighted by molar-refractivity contribution is -0.390. The van der Waals surface area contributed by atoms with Crippen molar-refractivity contribution in [1.29, 1.82) is 0 Å². The summed E-state index contributed by atoms with van der Waals surface area (Å²) in [5, 5.41) is 21.0. The molecular formula is C8H6F3N3O4. The first-order valence-corrected chi connectivity index (χ1v) is 4.39. The van der Waals surface area contributed by atoms with E-state index < -0.39 is 39.0 Å². The van der Waals surface area contributed by atoms with E-state index in [0.717, 1.165) is 6.07 Å². The predicted octanol–water partition coefficient (Wildman–Crippen LogP) is 2.07. The molecule has 0 saturated heterocycles. The summed E-state index contributed by atoms with van der Waals surface area (Å²) in [5.74, 6) is 0. The van der Waals surface area contributed by atoms with Crippen molar-refractivity contribution in [2.45, 2.75) is 12.2 Å². The average molecular weight is 265 g/mol. The van der Waals surface area contributed by atoms with Crippen LogP contribution in [0.1, 0.15) is 11.6 Å². The largest absolute Gasteiger partial charge is 0.407 e. The Labute approximate surface area is 97.3 Å². The van der Waals surface area contributed by atoms with Crippen molar-refractivity contribution >= 4 is 11.4 Å². The second-order valence-corrected chi connectivity index (χ2v) is 3.28. The minimum absolute atomic E-state index is 0.455. The van der Waals surface area contributed by atoms with Crippen molar-refractivity contribution in [1.82, 2.24) is 0 Å². The van der Waals surface area contributed by atoms with Crippen LogP contribution in [0.25, 0.3) is 0 Å². The maximum Gasteiger partial charge on any atom is 0.407 e. The molecule has 1 rings (SSSR count). The van der Waals surface area contributed by atoms with Gasteiger partial charge in [-0.3, -0.25) is 20.2 Å². The number of nitrogens with two attached hydrogens (primary N) is 1. The number of rotatable bonds is 3. The van der Waals surface area contributed by atoms with Gasteiger partial charge in [-0.25, -0.2) is 0 Å². The van der Waals surface area contributed by atoms with Gasteiger partial charge in [0.2, 0.25) is 0 Å². The molecule has 0 aromatic heterocycles. The molecule has 0 spiro atoms. The Kier molecular flexibility index (Phi) is 3.51. The highest BCUT2D eigenvalue weighted by atomic mass is 19.4. The SMILES string of the molecule is N[C@H](c1cc([N+](=O)[O-])ccc1[N+](=O)[O-])C(F)(F)F. The number of hydrogen-bond donors (Lipinski definition) is 1. The van der Waals surface area contributed by atoms with Gasteiger partial charge in [0.05, 0.1) is 15.4 Å². The number of benzene rings is 1. The Bertz CT molecular complexity index is 503. The molecule has 1 atom stereocenters. The van der Waals surface area contributed by atoms with Crippen LogP contribution in [0.2, 0.25) is 0 Å². The maximum absolute atomic E-state index is 12.4. The second kappa shape index (κ2) is 4.56. The molecule has 0 aliphatic rings. The van der Waals surface area contributed by atoms with E-state index in [1.54, 1.807) is 0 Å². The molecule has 10 heteroatoms. The van der Waals surface area contributed by atoms with Crippen molar-refractivity contribution < 1.29 is 23.0 Å². The molecule has 7 nitrogen and oxygen atoms in total. The molecule has 98 valence electrons. The first-order valence-electron chi connectivity index (χ1n) is 4.39. The van der Waals surface area contributed by atoms with E-state index in [0.29, 0.717) is 12.1 Å². The van der Waals surface area contributed by atoms with Gasteiger partial charge < -0.3 is 5.73 Å². The zero-order valence-electron chi connectivity index (χ0n) is 8.55. The number of halogens is 3. The minimum atomic E-state index is -4.93. The van der Waals surface area contributed by atoms with Crippen LogP contribution in [0.4, 0.5) is 24.5 Å². The summed E-state index contributed by atoms with van der Waals surface area (Å²) >= 11 is 0. The van der Waals surface area contributed by atoms with Gasteiger partial charge in [0, 0.05) is 18.2 Å². The van der Waals surface area contributed by atoms with Gasteiger partial charge in [-0.1, -0.05) is 0 Å². The van der Waals surface area contributed by atoms with E-state index in [1.165, 1.54) is 0 Å². The molecule has 0 heterocycles. The van der Waals surface area contributed by atoms with E-state index in [4.69, 9.17) is 5.73 Å². The third-order valence-electron chi connectivity index (χ3n) is 2.11. The zero-order valence-corrected chi connectivity index (χ0v) is 8.55. The molecule has 2 N–H and O–H groups in total. The monoisotopic (exact) mass is 265 g/mol. The molecule has 1 aromatic carbocycles. The van der Waals surface area contributed by atoms with Crippen molar-refractivity contribution in [2.24, 2.45) is 5.73 Å². The summed E-state index contributed by atoms with van der Waals surface area (Å²) in [6, 6.07) is -0.835. The average Bonchev–Trinajstić information content (AvgIpc) is 2.25. The summed E-state index contributed by atoms with van der Waals surface area (Å²) in [4.78, 5) is 18.9. The summed E-state index contributed by atoms with van der Waals surface area (Å²) in [5.41, 5.74) is 2.27. The van der Waals surface area contributed by atoms with Gasteiger partial charge in [-0.05, 0) is 0 Å². The Morgan fingerprint density at radius 1 is 1.17 bits per heavy atom. The normalized spacial score (nSPS) is 13.1. The molecule has 0 unspecified atom stereocenters. The number of hydrogen-bond acceptors (Lipinski definition) is 5. The van der Waals surface area contributed by atoms with Crippen molar-refractivity contribution in [3.05, 3.63) is 44.0 Å². The molecule has 0 aliphatic carbocycles. The van der Waals surface area contributed by atoms with Crippen LogP contribution in [0.15, 0.2) is 18.2 Å². The molecule has 0 saturated carbocycles. The quantitative estimate of drug-likeness (QED) is 0.663. The standard InChI is InChI=1S/C8H6F3N3O4/c9-8(10,11)7(12)5-3-4(13(15)16)1-2-6(5)14(17)18/h1-3,7H,12H2/t7-/m1/s1.